The average molecular weight is 289 g/mol. The van der Waals surface area contributed by atoms with Gasteiger partial charge in [-0.3, -0.25) is 9.59 Å². The van der Waals surface area contributed by atoms with Crippen LogP contribution in [0.5, 0.6) is 0 Å². The van der Waals surface area contributed by atoms with Gasteiger partial charge in [0.1, 0.15) is 17.6 Å². The van der Waals surface area contributed by atoms with Crippen molar-refractivity contribution >= 4 is 5.91 Å². The van der Waals surface area contributed by atoms with E-state index in [1.807, 2.05) is 6.92 Å². The lowest BCUT2D eigenvalue weighted by atomic mass is 10.2. The number of carbonyl (C=O) groups excluding carboxylic acids is 1. The van der Waals surface area contributed by atoms with Crippen LogP contribution >= 0.6 is 0 Å². The van der Waals surface area contributed by atoms with Crippen LogP contribution in [0.25, 0.3) is 0 Å². The quantitative estimate of drug-likeness (QED) is 0.810. The van der Waals surface area contributed by atoms with Crippen molar-refractivity contribution in [1.29, 1.82) is 0 Å². The topological polar surface area (TPSA) is 104 Å². The summed E-state index contributed by atoms with van der Waals surface area (Å²) in [7, 11) is 0. The van der Waals surface area contributed by atoms with Crippen molar-refractivity contribution in [3.05, 3.63) is 45.9 Å². The molecule has 0 aromatic carbocycles. The number of morpholine rings is 1. The van der Waals surface area contributed by atoms with Crippen molar-refractivity contribution in [1.82, 2.24) is 25.1 Å². The van der Waals surface area contributed by atoms with Gasteiger partial charge in [-0.05, 0) is 13.0 Å². The Balaban J connectivity index is 1.88. The van der Waals surface area contributed by atoms with Gasteiger partial charge in [0, 0.05) is 24.5 Å². The molecule has 0 saturated carbocycles. The minimum atomic E-state index is -0.341. The molecule has 1 aliphatic heterocycles. The maximum absolute atomic E-state index is 12.5. The monoisotopic (exact) mass is 289 g/mol. The number of hydrogen-bond donors (Lipinski definition) is 2. The van der Waals surface area contributed by atoms with Gasteiger partial charge >= 0.3 is 0 Å². The van der Waals surface area contributed by atoms with Gasteiger partial charge in [0.2, 0.25) is 0 Å². The number of imidazole rings is 1. The Labute approximate surface area is 120 Å². The molecule has 2 N–H and O–H groups in total. The fraction of sp³-hybridized carbons (Fsp3) is 0.385. The van der Waals surface area contributed by atoms with Crippen LogP contribution < -0.4 is 5.56 Å². The van der Waals surface area contributed by atoms with Crippen LogP contribution in [0.1, 0.15) is 28.0 Å². The minimum Gasteiger partial charge on any atom is -0.377 e. The fourth-order valence-electron chi connectivity index (χ4n) is 2.29. The molecular formula is C13H15N5O3. The van der Waals surface area contributed by atoms with Crippen molar-refractivity contribution < 1.29 is 9.53 Å². The first-order chi connectivity index (χ1) is 10.1. The van der Waals surface area contributed by atoms with E-state index in [1.165, 1.54) is 12.1 Å². The number of rotatable bonds is 2. The molecule has 2 aromatic rings. The van der Waals surface area contributed by atoms with Crippen molar-refractivity contribution in [2.75, 3.05) is 19.8 Å². The maximum atomic E-state index is 12.5. The second-order valence-corrected chi connectivity index (χ2v) is 4.85. The number of carbonyl (C=O) groups is 1. The van der Waals surface area contributed by atoms with E-state index < -0.39 is 0 Å². The third-order valence-electron chi connectivity index (χ3n) is 3.33. The molecule has 1 aliphatic rings. The first-order valence-electron chi connectivity index (χ1n) is 6.61. The van der Waals surface area contributed by atoms with Gasteiger partial charge in [0.25, 0.3) is 11.5 Å². The highest BCUT2D eigenvalue weighted by molar-refractivity contribution is 5.92. The molecule has 1 saturated heterocycles. The predicted octanol–water partition coefficient (Wildman–Crippen LogP) is 0.0151. The SMILES string of the molecule is Cc1cnc([C@@H]2COCCN2C(=O)c2ccc(=O)[nH]n2)[nH]1. The summed E-state index contributed by atoms with van der Waals surface area (Å²) in [6, 6.07) is 2.42. The number of aromatic amines is 2. The number of aryl methyl sites for hydroxylation is 1. The Morgan fingerprint density at radius 3 is 3.00 bits per heavy atom. The third-order valence-corrected chi connectivity index (χ3v) is 3.33. The summed E-state index contributed by atoms with van der Waals surface area (Å²) < 4.78 is 5.45. The normalized spacial score (nSPS) is 18.7. The number of nitrogens with one attached hydrogen (secondary N) is 2. The molecule has 1 atom stereocenters. The molecule has 21 heavy (non-hydrogen) atoms. The van der Waals surface area contributed by atoms with E-state index in [0.717, 1.165) is 5.69 Å². The summed E-state index contributed by atoms with van der Waals surface area (Å²) in [6.07, 6.45) is 1.71. The Kier molecular flexibility index (Phi) is 3.53. The van der Waals surface area contributed by atoms with E-state index in [4.69, 9.17) is 4.74 Å². The molecule has 0 unspecified atom stereocenters. The van der Waals surface area contributed by atoms with Gasteiger partial charge in [0.05, 0.1) is 13.2 Å². The summed E-state index contributed by atoms with van der Waals surface area (Å²) in [4.78, 5) is 32.6. The average Bonchev–Trinajstić information content (AvgIpc) is 2.94. The highest BCUT2D eigenvalue weighted by Gasteiger charge is 2.31. The van der Waals surface area contributed by atoms with E-state index in [9.17, 15) is 9.59 Å². The summed E-state index contributed by atoms with van der Waals surface area (Å²) in [5.74, 6) is 0.429. The zero-order valence-corrected chi connectivity index (χ0v) is 11.5. The summed E-state index contributed by atoms with van der Waals surface area (Å²) >= 11 is 0. The summed E-state index contributed by atoms with van der Waals surface area (Å²) in [5.41, 5.74) is 0.779. The molecule has 1 fully saturated rings. The molecule has 3 heterocycles. The zero-order valence-electron chi connectivity index (χ0n) is 11.5. The zero-order chi connectivity index (χ0) is 14.8. The Morgan fingerprint density at radius 1 is 1.48 bits per heavy atom. The molecule has 8 nitrogen and oxygen atoms in total. The van der Waals surface area contributed by atoms with E-state index in [0.29, 0.717) is 25.6 Å². The maximum Gasteiger partial charge on any atom is 0.275 e. The molecule has 110 valence electrons. The highest BCUT2D eigenvalue weighted by Crippen LogP contribution is 2.23. The van der Waals surface area contributed by atoms with Gasteiger partial charge < -0.3 is 14.6 Å². The number of hydrogen-bond acceptors (Lipinski definition) is 5. The van der Waals surface area contributed by atoms with Crippen molar-refractivity contribution in [2.45, 2.75) is 13.0 Å². The molecule has 0 aliphatic carbocycles. The Hall–Kier alpha value is -2.48. The highest BCUT2D eigenvalue weighted by atomic mass is 16.5. The summed E-state index contributed by atoms with van der Waals surface area (Å²) in [6.45, 7) is 3.19. The van der Waals surface area contributed by atoms with Crippen LogP contribution in [0.3, 0.4) is 0 Å². The first-order valence-corrected chi connectivity index (χ1v) is 6.61. The first kappa shape index (κ1) is 13.5. The Bertz CT molecular complexity index is 687. The van der Waals surface area contributed by atoms with Crippen molar-refractivity contribution in [3.63, 3.8) is 0 Å². The van der Waals surface area contributed by atoms with Crippen LogP contribution in [0.4, 0.5) is 0 Å². The molecule has 0 bridgehead atoms. The lowest BCUT2D eigenvalue weighted by Gasteiger charge is -2.34. The second-order valence-electron chi connectivity index (χ2n) is 4.85. The standard InChI is InChI=1S/C13H15N5O3/c1-8-6-14-12(15-8)10-7-21-5-4-18(10)13(20)9-2-3-11(19)17-16-9/h2-3,6,10H,4-5,7H2,1H3,(H,14,15)(H,17,19)/t10-/m0/s1. The van der Waals surface area contributed by atoms with Crippen LogP contribution in [0.2, 0.25) is 0 Å². The lowest BCUT2D eigenvalue weighted by molar-refractivity contribution is -0.00538. The van der Waals surface area contributed by atoms with Crippen LogP contribution in [-0.2, 0) is 4.74 Å². The molecule has 2 aromatic heterocycles. The molecule has 0 radical (unpaired) electrons. The smallest absolute Gasteiger partial charge is 0.275 e. The predicted molar refractivity (Wildman–Crippen MR) is 72.8 cm³/mol. The van der Waals surface area contributed by atoms with E-state index >= 15 is 0 Å². The molecule has 8 heteroatoms. The van der Waals surface area contributed by atoms with Crippen LogP contribution in [-0.4, -0.2) is 50.7 Å². The van der Waals surface area contributed by atoms with Crippen LogP contribution in [0.15, 0.2) is 23.1 Å². The number of amides is 1. The van der Waals surface area contributed by atoms with E-state index in [2.05, 4.69) is 20.2 Å². The van der Waals surface area contributed by atoms with E-state index in [-0.39, 0.29) is 23.2 Å². The lowest BCUT2D eigenvalue weighted by Crippen LogP contribution is -2.44. The van der Waals surface area contributed by atoms with E-state index in [1.54, 1.807) is 11.1 Å². The minimum absolute atomic E-state index is 0.199. The Morgan fingerprint density at radius 2 is 2.33 bits per heavy atom. The molecule has 0 spiro atoms. The van der Waals surface area contributed by atoms with Crippen LogP contribution in [0, 0.1) is 6.92 Å². The van der Waals surface area contributed by atoms with Gasteiger partial charge in [-0.1, -0.05) is 0 Å². The number of aromatic nitrogens is 4. The largest absolute Gasteiger partial charge is 0.377 e. The van der Waals surface area contributed by atoms with Crippen molar-refractivity contribution in [2.24, 2.45) is 0 Å². The molecule has 3 rings (SSSR count). The fourth-order valence-corrected chi connectivity index (χ4v) is 2.29. The van der Waals surface area contributed by atoms with Gasteiger partial charge in [-0.2, -0.15) is 5.10 Å². The number of ether oxygens (including phenoxy) is 1. The van der Waals surface area contributed by atoms with Crippen molar-refractivity contribution in [3.8, 4) is 0 Å². The van der Waals surface area contributed by atoms with Gasteiger partial charge in [-0.15, -0.1) is 0 Å². The van der Waals surface area contributed by atoms with Gasteiger partial charge in [0.15, 0.2) is 0 Å². The molecular weight excluding hydrogens is 274 g/mol. The number of H-pyrrole nitrogens is 2. The molecule has 1 amide bonds. The number of nitrogens with zero attached hydrogens (tertiary/aromatic N) is 3. The van der Waals surface area contributed by atoms with Gasteiger partial charge in [-0.25, -0.2) is 10.1 Å². The summed E-state index contributed by atoms with van der Waals surface area (Å²) in [5, 5.41) is 6.06. The third kappa shape index (κ3) is 2.70. The second kappa shape index (κ2) is 5.49.